The summed E-state index contributed by atoms with van der Waals surface area (Å²) in [6, 6.07) is 1.71. The highest BCUT2D eigenvalue weighted by Gasteiger charge is 2.28. The Morgan fingerprint density at radius 2 is 2.00 bits per heavy atom. The Balaban J connectivity index is 2.75. The summed E-state index contributed by atoms with van der Waals surface area (Å²) in [4.78, 5) is 18.7. The van der Waals surface area contributed by atoms with Crippen molar-refractivity contribution in [3.63, 3.8) is 0 Å². The molecule has 0 amide bonds. The number of hydrogen-bond donors (Lipinski definition) is 1. The van der Waals surface area contributed by atoms with Gasteiger partial charge in [0.15, 0.2) is 0 Å². The molecule has 0 aromatic carbocycles. The minimum absolute atomic E-state index is 0.350. The van der Waals surface area contributed by atoms with Gasteiger partial charge in [0.25, 0.3) is 0 Å². The van der Waals surface area contributed by atoms with Gasteiger partial charge in [0.1, 0.15) is 5.82 Å². The van der Waals surface area contributed by atoms with Gasteiger partial charge < -0.3 is 5.11 Å². The fourth-order valence-corrected chi connectivity index (χ4v) is 0.892. The van der Waals surface area contributed by atoms with E-state index < -0.39 is 11.4 Å². The summed E-state index contributed by atoms with van der Waals surface area (Å²) >= 11 is 0. The zero-order valence-corrected chi connectivity index (χ0v) is 7.69. The average Bonchev–Trinajstić information content (AvgIpc) is 2.05. The van der Waals surface area contributed by atoms with E-state index in [0.29, 0.717) is 12.2 Å². The van der Waals surface area contributed by atoms with Crippen molar-refractivity contribution in [2.75, 3.05) is 0 Å². The lowest BCUT2D eigenvalue weighted by Gasteiger charge is -2.17. The molecule has 0 aliphatic heterocycles. The Kier molecular flexibility index (Phi) is 2.60. The first-order valence-corrected chi connectivity index (χ1v) is 4.02. The third-order valence-corrected chi connectivity index (χ3v) is 1.80. The van der Waals surface area contributed by atoms with Crippen LogP contribution in [-0.2, 0) is 11.2 Å². The molecule has 0 unspecified atom stereocenters. The first-order chi connectivity index (χ1) is 6.02. The monoisotopic (exact) mass is 180 g/mol. The Morgan fingerprint density at radius 1 is 1.46 bits per heavy atom. The molecule has 0 saturated carbocycles. The minimum Gasteiger partial charge on any atom is -0.481 e. The van der Waals surface area contributed by atoms with Crippen LogP contribution in [0.15, 0.2) is 18.5 Å². The van der Waals surface area contributed by atoms with E-state index >= 15 is 0 Å². The van der Waals surface area contributed by atoms with Gasteiger partial charge in [-0.1, -0.05) is 0 Å². The lowest BCUT2D eigenvalue weighted by Crippen LogP contribution is -2.27. The number of carboxylic acid groups (broad SMARTS) is 1. The van der Waals surface area contributed by atoms with E-state index in [0.717, 1.165) is 0 Å². The van der Waals surface area contributed by atoms with Gasteiger partial charge in [0, 0.05) is 18.8 Å². The zero-order chi connectivity index (χ0) is 9.90. The maximum atomic E-state index is 10.8. The summed E-state index contributed by atoms with van der Waals surface area (Å²) in [5.74, 6) is -0.269. The largest absolute Gasteiger partial charge is 0.481 e. The van der Waals surface area contributed by atoms with Crippen molar-refractivity contribution < 1.29 is 9.90 Å². The number of carboxylic acids is 1. The van der Waals surface area contributed by atoms with Crippen LogP contribution in [-0.4, -0.2) is 21.0 Å². The van der Waals surface area contributed by atoms with Crippen molar-refractivity contribution in [1.29, 1.82) is 0 Å². The van der Waals surface area contributed by atoms with Crippen LogP contribution in [0.3, 0.4) is 0 Å². The molecule has 13 heavy (non-hydrogen) atoms. The molecule has 0 saturated heterocycles. The molecule has 0 spiro atoms. The number of aliphatic carboxylic acids is 1. The number of carbonyl (C=O) groups is 1. The molecule has 0 bridgehead atoms. The van der Waals surface area contributed by atoms with Gasteiger partial charge in [-0.3, -0.25) is 4.79 Å². The van der Waals surface area contributed by atoms with Gasteiger partial charge in [-0.15, -0.1) is 0 Å². The normalized spacial score (nSPS) is 11.2. The fraction of sp³-hybridized carbons (Fsp3) is 0.444. The van der Waals surface area contributed by atoms with Crippen LogP contribution in [0.5, 0.6) is 0 Å². The van der Waals surface area contributed by atoms with Gasteiger partial charge in [0.05, 0.1) is 5.41 Å². The summed E-state index contributed by atoms with van der Waals surface area (Å²) in [5.41, 5.74) is -0.804. The summed E-state index contributed by atoms with van der Waals surface area (Å²) in [5, 5.41) is 8.85. The third kappa shape index (κ3) is 2.50. The van der Waals surface area contributed by atoms with Crippen molar-refractivity contribution >= 4 is 5.97 Å². The molecule has 1 aromatic heterocycles. The molecule has 4 heteroatoms. The molecule has 0 aliphatic carbocycles. The van der Waals surface area contributed by atoms with Crippen LogP contribution in [0.4, 0.5) is 0 Å². The second-order valence-corrected chi connectivity index (χ2v) is 3.53. The standard InChI is InChI=1S/C9H12N2O2/c1-9(2,8(12)13)6-7-10-4-3-5-11-7/h3-5H,6H2,1-2H3,(H,12,13). The Hall–Kier alpha value is -1.45. The van der Waals surface area contributed by atoms with Crippen LogP contribution in [0, 0.1) is 5.41 Å². The highest BCUT2D eigenvalue weighted by molar-refractivity contribution is 5.73. The van der Waals surface area contributed by atoms with Gasteiger partial charge >= 0.3 is 5.97 Å². The Bertz CT molecular complexity index is 296. The third-order valence-electron chi connectivity index (χ3n) is 1.80. The van der Waals surface area contributed by atoms with Crippen LogP contribution in [0.2, 0.25) is 0 Å². The smallest absolute Gasteiger partial charge is 0.309 e. The molecule has 1 rings (SSSR count). The highest BCUT2D eigenvalue weighted by atomic mass is 16.4. The Labute approximate surface area is 76.7 Å². The molecular formula is C9H12N2O2. The van der Waals surface area contributed by atoms with Gasteiger partial charge in [-0.2, -0.15) is 0 Å². The lowest BCUT2D eigenvalue weighted by atomic mass is 9.89. The van der Waals surface area contributed by atoms with E-state index in [9.17, 15) is 4.79 Å². The van der Waals surface area contributed by atoms with E-state index in [1.807, 2.05) is 0 Å². The zero-order valence-electron chi connectivity index (χ0n) is 7.69. The number of nitrogens with zero attached hydrogens (tertiary/aromatic N) is 2. The highest BCUT2D eigenvalue weighted by Crippen LogP contribution is 2.19. The average molecular weight is 180 g/mol. The van der Waals surface area contributed by atoms with Crippen molar-refractivity contribution in [1.82, 2.24) is 9.97 Å². The van der Waals surface area contributed by atoms with Gasteiger partial charge in [-0.05, 0) is 19.9 Å². The molecule has 0 fully saturated rings. The Morgan fingerprint density at radius 3 is 2.46 bits per heavy atom. The second kappa shape index (κ2) is 3.51. The molecule has 0 radical (unpaired) electrons. The van der Waals surface area contributed by atoms with E-state index in [4.69, 9.17) is 5.11 Å². The number of hydrogen-bond acceptors (Lipinski definition) is 3. The topological polar surface area (TPSA) is 63.1 Å². The molecule has 1 N–H and O–H groups in total. The lowest BCUT2D eigenvalue weighted by molar-refractivity contribution is -0.146. The van der Waals surface area contributed by atoms with Crippen LogP contribution < -0.4 is 0 Å². The van der Waals surface area contributed by atoms with Gasteiger partial charge in [-0.25, -0.2) is 9.97 Å². The van der Waals surface area contributed by atoms with E-state index in [1.54, 1.807) is 32.3 Å². The molecule has 1 heterocycles. The summed E-state index contributed by atoms with van der Waals surface area (Å²) in [7, 11) is 0. The molecule has 4 nitrogen and oxygen atoms in total. The molecule has 0 atom stereocenters. The van der Waals surface area contributed by atoms with Crippen molar-refractivity contribution in [3.05, 3.63) is 24.3 Å². The number of rotatable bonds is 3. The number of aromatic nitrogens is 2. The first kappa shape index (κ1) is 9.64. The van der Waals surface area contributed by atoms with Crippen molar-refractivity contribution in [3.8, 4) is 0 Å². The van der Waals surface area contributed by atoms with Gasteiger partial charge in [0.2, 0.25) is 0 Å². The maximum Gasteiger partial charge on any atom is 0.309 e. The predicted octanol–water partition coefficient (Wildman–Crippen LogP) is 1.13. The van der Waals surface area contributed by atoms with Crippen molar-refractivity contribution in [2.45, 2.75) is 20.3 Å². The molecule has 70 valence electrons. The summed E-state index contributed by atoms with van der Waals surface area (Å²) in [6.07, 6.45) is 3.57. The van der Waals surface area contributed by atoms with E-state index in [-0.39, 0.29) is 0 Å². The second-order valence-electron chi connectivity index (χ2n) is 3.53. The predicted molar refractivity (Wildman–Crippen MR) is 47.2 cm³/mol. The molecule has 1 aromatic rings. The van der Waals surface area contributed by atoms with Crippen LogP contribution >= 0.6 is 0 Å². The van der Waals surface area contributed by atoms with E-state index in [2.05, 4.69) is 9.97 Å². The van der Waals surface area contributed by atoms with Crippen LogP contribution in [0.25, 0.3) is 0 Å². The summed E-state index contributed by atoms with van der Waals surface area (Å²) in [6.45, 7) is 3.32. The summed E-state index contributed by atoms with van der Waals surface area (Å²) < 4.78 is 0. The first-order valence-electron chi connectivity index (χ1n) is 4.02. The van der Waals surface area contributed by atoms with Crippen molar-refractivity contribution in [2.24, 2.45) is 5.41 Å². The van der Waals surface area contributed by atoms with E-state index in [1.165, 1.54) is 0 Å². The minimum atomic E-state index is -0.833. The fourth-order valence-electron chi connectivity index (χ4n) is 0.892. The molecule has 0 aliphatic rings. The van der Waals surface area contributed by atoms with Crippen LogP contribution in [0.1, 0.15) is 19.7 Å². The quantitative estimate of drug-likeness (QED) is 0.757. The molecular weight excluding hydrogens is 168 g/mol. The SMILES string of the molecule is CC(C)(Cc1ncccn1)C(=O)O. The maximum absolute atomic E-state index is 10.8.